The van der Waals surface area contributed by atoms with E-state index >= 15 is 0 Å². The van der Waals surface area contributed by atoms with Crippen LogP contribution in [0.3, 0.4) is 0 Å². The molecule has 1 aliphatic heterocycles. The lowest BCUT2D eigenvalue weighted by molar-refractivity contribution is -0.136. The Labute approximate surface area is 203 Å². The summed E-state index contributed by atoms with van der Waals surface area (Å²) >= 11 is 1.03. The Kier molecular flexibility index (Phi) is 6.48. The number of methoxy groups -OCH3 is 1. The lowest BCUT2D eigenvalue weighted by Gasteiger charge is -2.26. The van der Waals surface area contributed by atoms with Crippen LogP contribution in [0.4, 0.5) is 0 Å². The molecule has 10 heteroatoms. The lowest BCUT2D eigenvalue weighted by atomic mass is 9.83. The predicted octanol–water partition coefficient (Wildman–Crippen LogP) is 0.961. The van der Waals surface area contributed by atoms with Crippen molar-refractivity contribution in [2.75, 3.05) is 13.7 Å². The van der Waals surface area contributed by atoms with Crippen molar-refractivity contribution < 1.29 is 29.3 Å². The first-order chi connectivity index (χ1) is 16.8. The van der Waals surface area contributed by atoms with Gasteiger partial charge in [-0.3, -0.25) is 9.36 Å². The van der Waals surface area contributed by atoms with Gasteiger partial charge in [-0.05, 0) is 48.4 Å². The highest BCUT2D eigenvalue weighted by atomic mass is 32.1. The van der Waals surface area contributed by atoms with Crippen LogP contribution in [0.25, 0.3) is 17.5 Å². The number of nitrogens with zero attached hydrogens (tertiary/aromatic N) is 1. The van der Waals surface area contributed by atoms with Crippen LogP contribution < -0.4 is 20.5 Å². The molecule has 0 unspecified atom stereocenters. The van der Waals surface area contributed by atoms with Crippen molar-refractivity contribution in [3.8, 4) is 11.5 Å². The van der Waals surface area contributed by atoms with Gasteiger partial charge in [-0.25, -0.2) is 9.59 Å². The van der Waals surface area contributed by atoms with Crippen molar-refractivity contribution in [2.45, 2.75) is 12.8 Å². The van der Waals surface area contributed by atoms with Gasteiger partial charge in [-0.1, -0.05) is 24.3 Å². The molecule has 0 bridgehead atoms. The van der Waals surface area contributed by atoms with Crippen LogP contribution in [0.15, 0.2) is 58.9 Å². The van der Waals surface area contributed by atoms with Gasteiger partial charge < -0.3 is 25.4 Å². The van der Waals surface area contributed by atoms with Gasteiger partial charge in [0.25, 0.3) is 5.56 Å². The molecule has 3 aromatic rings. The second kappa shape index (κ2) is 9.51. The Morgan fingerprint density at radius 3 is 2.20 bits per heavy atom. The number of rotatable bonds is 5. The van der Waals surface area contributed by atoms with Crippen molar-refractivity contribution in [3.05, 3.63) is 84.8 Å². The summed E-state index contributed by atoms with van der Waals surface area (Å²) in [7, 11) is 1.18. The first-order valence-corrected chi connectivity index (χ1v) is 11.4. The maximum absolute atomic E-state index is 13.4. The van der Waals surface area contributed by atoms with Crippen LogP contribution in [0.1, 0.15) is 24.0 Å². The van der Waals surface area contributed by atoms with E-state index in [-0.39, 0.29) is 44.3 Å². The quantitative estimate of drug-likeness (QED) is 0.446. The molecule has 2 aromatic carbocycles. The van der Waals surface area contributed by atoms with Gasteiger partial charge >= 0.3 is 11.9 Å². The number of ether oxygens (including phenoxy) is 2. The van der Waals surface area contributed by atoms with E-state index in [0.29, 0.717) is 11.1 Å². The first-order valence-electron chi connectivity index (χ1n) is 10.6. The molecule has 0 amide bonds. The van der Waals surface area contributed by atoms with Gasteiger partial charge in [0.05, 0.1) is 35.3 Å². The minimum absolute atomic E-state index is 0.00219. The largest absolute Gasteiger partial charge is 0.508 e. The van der Waals surface area contributed by atoms with Crippen molar-refractivity contribution in [2.24, 2.45) is 5.73 Å². The lowest BCUT2D eigenvalue weighted by Crippen LogP contribution is -2.41. The highest BCUT2D eigenvalue weighted by molar-refractivity contribution is 7.07. The smallest absolute Gasteiger partial charge is 0.338 e. The summed E-state index contributed by atoms with van der Waals surface area (Å²) in [5.41, 5.74) is 6.93. The maximum Gasteiger partial charge on any atom is 0.338 e. The zero-order chi connectivity index (χ0) is 25.3. The number of phenolic OH excluding ortho intramolecular Hbond substituents is 2. The Hall–Kier alpha value is -4.31. The highest BCUT2D eigenvalue weighted by Gasteiger charge is 2.39. The molecule has 9 nitrogen and oxygen atoms in total. The van der Waals surface area contributed by atoms with Gasteiger partial charge in [0, 0.05) is 0 Å². The van der Waals surface area contributed by atoms with E-state index < -0.39 is 23.4 Å². The number of phenols is 2. The van der Waals surface area contributed by atoms with Crippen molar-refractivity contribution in [1.29, 1.82) is 0 Å². The fourth-order valence-electron chi connectivity index (χ4n) is 3.89. The van der Waals surface area contributed by atoms with E-state index in [4.69, 9.17) is 15.2 Å². The van der Waals surface area contributed by atoms with Gasteiger partial charge in [-0.2, -0.15) is 0 Å². The van der Waals surface area contributed by atoms with Crippen LogP contribution in [0.2, 0.25) is 0 Å². The van der Waals surface area contributed by atoms with Gasteiger partial charge in [0.15, 0.2) is 0 Å². The number of thiazole rings is 1. The van der Waals surface area contributed by atoms with Crippen LogP contribution in [0.5, 0.6) is 11.5 Å². The second-order valence-electron chi connectivity index (χ2n) is 7.60. The molecular formula is C25H22N2O7S. The number of carbonyl (C=O) groups is 2. The Morgan fingerprint density at radius 1 is 1.03 bits per heavy atom. The second-order valence-corrected chi connectivity index (χ2v) is 8.63. The topological polar surface area (TPSA) is 141 Å². The van der Waals surface area contributed by atoms with E-state index in [2.05, 4.69) is 0 Å². The molecule has 2 heterocycles. The Balaban J connectivity index is 2.11. The summed E-state index contributed by atoms with van der Waals surface area (Å²) in [4.78, 5) is 39.5. The minimum Gasteiger partial charge on any atom is -0.508 e. The molecule has 0 radical (unpaired) electrons. The van der Waals surface area contributed by atoms with Crippen LogP contribution in [-0.2, 0) is 19.1 Å². The predicted molar refractivity (Wildman–Crippen MR) is 130 cm³/mol. The van der Waals surface area contributed by atoms with Gasteiger partial charge in [0.2, 0.25) is 0 Å². The number of carbonyl (C=O) groups excluding carboxylic acids is 2. The number of fused-ring (bicyclic) bond motifs is 1. The molecular weight excluding hydrogens is 472 g/mol. The summed E-state index contributed by atoms with van der Waals surface area (Å²) in [6, 6.07) is 12.2. The SMILES string of the molecule is CCOC(=O)C1=c2s/c(=C/c3ccc(O)cc3)c(=O)n2C(N)=C(C(=O)OC)[C@@H]1c1ccc(O)cc1. The van der Waals surface area contributed by atoms with E-state index in [1.165, 1.54) is 31.4 Å². The zero-order valence-electron chi connectivity index (χ0n) is 18.8. The third-order valence-electron chi connectivity index (χ3n) is 5.47. The number of benzene rings is 2. The average Bonchev–Trinajstić information content (AvgIpc) is 3.16. The summed E-state index contributed by atoms with van der Waals surface area (Å²) in [5, 5.41) is 19.3. The summed E-state index contributed by atoms with van der Waals surface area (Å²) in [6.45, 7) is 1.72. The fraction of sp³-hybridized carbons (Fsp3) is 0.160. The third-order valence-corrected chi connectivity index (χ3v) is 6.57. The van der Waals surface area contributed by atoms with E-state index in [1.54, 1.807) is 37.3 Å². The van der Waals surface area contributed by atoms with E-state index in [0.717, 1.165) is 15.9 Å². The fourth-order valence-corrected chi connectivity index (χ4v) is 5.05. The average molecular weight is 495 g/mol. The van der Waals surface area contributed by atoms with Crippen molar-refractivity contribution >= 4 is 40.7 Å². The molecule has 0 spiro atoms. The molecule has 4 rings (SSSR count). The number of hydrogen-bond donors (Lipinski definition) is 3. The summed E-state index contributed by atoms with van der Waals surface area (Å²) in [5.74, 6) is -2.61. The summed E-state index contributed by atoms with van der Waals surface area (Å²) < 4.78 is 11.9. The van der Waals surface area contributed by atoms with Crippen LogP contribution >= 0.6 is 11.3 Å². The van der Waals surface area contributed by atoms with Crippen molar-refractivity contribution in [3.63, 3.8) is 0 Å². The van der Waals surface area contributed by atoms with Crippen molar-refractivity contribution in [1.82, 2.24) is 4.57 Å². The van der Waals surface area contributed by atoms with Gasteiger partial charge in [-0.15, -0.1) is 11.3 Å². The molecule has 35 heavy (non-hydrogen) atoms. The minimum atomic E-state index is -0.998. The number of hydrogen-bond acceptors (Lipinski definition) is 9. The molecule has 1 aliphatic rings. The van der Waals surface area contributed by atoms with E-state index in [1.807, 2.05) is 0 Å². The number of aromatic nitrogens is 1. The molecule has 0 saturated carbocycles. The number of aromatic hydroxyl groups is 2. The van der Waals surface area contributed by atoms with Gasteiger partial charge in [0.1, 0.15) is 22.0 Å². The first kappa shape index (κ1) is 23.8. The zero-order valence-corrected chi connectivity index (χ0v) is 19.7. The van der Waals surface area contributed by atoms with E-state index in [9.17, 15) is 24.6 Å². The Bertz CT molecular complexity index is 1510. The Morgan fingerprint density at radius 2 is 1.63 bits per heavy atom. The summed E-state index contributed by atoms with van der Waals surface area (Å²) in [6.07, 6.45) is 1.60. The molecule has 0 fully saturated rings. The normalized spacial score (nSPS) is 15.7. The molecule has 0 aliphatic carbocycles. The van der Waals surface area contributed by atoms with Crippen LogP contribution in [-0.4, -0.2) is 40.4 Å². The third kappa shape index (κ3) is 4.31. The molecule has 4 N–H and O–H groups in total. The number of nitrogens with two attached hydrogens (primary N) is 1. The highest BCUT2D eigenvalue weighted by Crippen LogP contribution is 2.38. The van der Waals surface area contributed by atoms with Crippen LogP contribution in [0, 0.1) is 0 Å². The standard InChI is InChI=1S/C25H22N2O7S/c1-3-34-25(32)20-18(14-6-10-16(29)11-7-14)19(24(31)33-2)21(26)27-22(30)17(35-23(20)27)12-13-4-8-15(28)9-5-13/h4-12,18,28-29H,3,26H2,1-2H3/b17-12+/t18-/m0/s1. The molecule has 180 valence electrons. The maximum atomic E-state index is 13.4. The number of esters is 2. The molecule has 1 atom stereocenters. The monoisotopic (exact) mass is 494 g/mol. The molecule has 0 saturated heterocycles. The molecule has 1 aromatic heterocycles.